The fourth-order valence-corrected chi connectivity index (χ4v) is 10.9. The Bertz CT molecular complexity index is 1570. The van der Waals surface area contributed by atoms with Crippen molar-refractivity contribution in [3.8, 4) is 0 Å². The maximum atomic E-state index is 13.8. The van der Waals surface area contributed by atoms with Gasteiger partial charge in [-0.15, -0.1) is 0 Å². The Morgan fingerprint density at radius 2 is 1.41 bits per heavy atom. The number of amides is 2. The Balaban J connectivity index is 1.64. The summed E-state index contributed by atoms with van der Waals surface area (Å²) in [7, 11) is -3.01. The summed E-state index contributed by atoms with van der Waals surface area (Å²) in [4.78, 5) is 28.7. The van der Waals surface area contributed by atoms with E-state index in [4.69, 9.17) is 13.9 Å². The SMILES string of the molecule is CC(C)(C)OC(=O)N1C[C@@H](C(=O)NC(C)(C)c2ccc(F)cc2C(F)(F)F)OC[C@H]1CO[Si](c1ccccc1)(c1ccccc1)C(C)(C)C. The smallest absolute Gasteiger partial charge is 0.416 e. The first kappa shape index (κ1) is 38.1. The standard InChI is InChI=1S/C37H46F4N2O5Si/c1-34(2,3)48-33(45)43-22-31(32(44)42-36(7,8)29-20-19-25(38)21-30(29)37(39,40)41)46-23-26(43)24-47-49(35(4,5)6,27-15-11-9-12-16-27)28-17-13-10-14-18-28/h9-21,26,31H,22-24H2,1-8H3,(H,42,44)/t26-,31-/m0/s1. The number of nitrogens with one attached hydrogen (secondary N) is 1. The highest BCUT2D eigenvalue weighted by atomic mass is 28.4. The average Bonchev–Trinajstić information content (AvgIpc) is 3.00. The largest absolute Gasteiger partial charge is 0.444 e. The second-order valence-corrected chi connectivity index (χ2v) is 19.2. The first-order valence-corrected chi connectivity index (χ1v) is 18.1. The number of morpholine rings is 1. The Morgan fingerprint density at radius 1 is 0.857 bits per heavy atom. The highest BCUT2D eigenvalue weighted by Crippen LogP contribution is 2.38. The lowest BCUT2D eigenvalue weighted by Gasteiger charge is -2.46. The van der Waals surface area contributed by atoms with Crippen molar-refractivity contribution >= 4 is 30.7 Å². The van der Waals surface area contributed by atoms with Crippen LogP contribution in [0.3, 0.4) is 0 Å². The summed E-state index contributed by atoms with van der Waals surface area (Å²) in [5, 5.41) is 4.38. The number of carbonyl (C=O) groups is 2. The summed E-state index contributed by atoms with van der Waals surface area (Å²) < 4.78 is 74.2. The van der Waals surface area contributed by atoms with Gasteiger partial charge in [0.1, 0.15) is 11.4 Å². The highest BCUT2D eigenvalue weighted by Gasteiger charge is 2.51. The molecular formula is C37H46F4N2O5Si. The quantitative estimate of drug-likeness (QED) is 0.207. The van der Waals surface area contributed by atoms with Gasteiger partial charge in [-0.3, -0.25) is 9.69 Å². The highest BCUT2D eigenvalue weighted by molar-refractivity contribution is 6.99. The summed E-state index contributed by atoms with van der Waals surface area (Å²) in [6.45, 7) is 14.1. The van der Waals surface area contributed by atoms with Gasteiger partial charge in [0.15, 0.2) is 6.10 Å². The molecule has 1 saturated heterocycles. The summed E-state index contributed by atoms with van der Waals surface area (Å²) >= 11 is 0. The van der Waals surface area contributed by atoms with Crippen molar-refractivity contribution in [3.63, 3.8) is 0 Å². The van der Waals surface area contributed by atoms with Crippen molar-refractivity contribution in [1.29, 1.82) is 0 Å². The molecule has 1 N–H and O–H groups in total. The third-order valence-electron chi connectivity index (χ3n) is 8.52. The molecule has 0 unspecified atom stereocenters. The Labute approximate surface area is 287 Å². The molecule has 0 aromatic heterocycles. The van der Waals surface area contributed by atoms with Crippen LogP contribution in [-0.4, -0.2) is 62.7 Å². The first-order valence-electron chi connectivity index (χ1n) is 16.2. The zero-order valence-electron chi connectivity index (χ0n) is 29.3. The number of ether oxygens (including phenoxy) is 2. The second-order valence-electron chi connectivity index (χ2n) is 14.9. The lowest BCUT2D eigenvalue weighted by atomic mass is 9.89. The van der Waals surface area contributed by atoms with Crippen molar-refractivity contribution in [1.82, 2.24) is 10.2 Å². The van der Waals surface area contributed by atoms with Gasteiger partial charge in [-0.2, -0.15) is 13.2 Å². The Kier molecular flexibility index (Phi) is 11.1. The van der Waals surface area contributed by atoms with E-state index in [1.165, 1.54) is 18.7 Å². The summed E-state index contributed by atoms with van der Waals surface area (Å²) in [6.07, 6.45) is -6.76. The molecule has 0 spiro atoms. The topological polar surface area (TPSA) is 77.1 Å². The number of alkyl halides is 3. The predicted molar refractivity (Wildman–Crippen MR) is 183 cm³/mol. The maximum Gasteiger partial charge on any atom is 0.416 e. The molecule has 7 nitrogen and oxygen atoms in total. The minimum Gasteiger partial charge on any atom is -0.444 e. The van der Waals surface area contributed by atoms with Crippen LogP contribution in [0.25, 0.3) is 0 Å². The molecule has 1 aliphatic heterocycles. The van der Waals surface area contributed by atoms with Crippen molar-refractivity contribution in [2.45, 2.75) is 89.9 Å². The summed E-state index contributed by atoms with van der Waals surface area (Å²) in [5.74, 6) is -1.78. The van der Waals surface area contributed by atoms with E-state index >= 15 is 0 Å². The molecule has 3 aromatic carbocycles. The second kappa shape index (κ2) is 14.2. The van der Waals surface area contributed by atoms with Gasteiger partial charge in [0.2, 0.25) is 0 Å². The van der Waals surface area contributed by atoms with Gasteiger partial charge >= 0.3 is 12.3 Å². The van der Waals surface area contributed by atoms with Crippen LogP contribution in [0, 0.1) is 5.82 Å². The van der Waals surface area contributed by atoms with E-state index in [-0.39, 0.29) is 30.4 Å². The van der Waals surface area contributed by atoms with Crippen LogP contribution < -0.4 is 15.7 Å². The van der Waals surface area contributed by atoms with Gasteiger partial charge in [0.25, 0.3) is 14.2 Å². The van der Waals surface area contributed by atoms with Crippen LogP contribution in [-0.2, 0) is 30.4 Å². The summed E-state index contributed by atoms with van der Waals surface area (Å²) in [6, 6.07) is 21.7. The lowest BCUT2D eigenvalue weighted by Crippen LogP contribution is -2.68. The zero-order valence-corrected chi connectivity index (χ0v) is 30.3. The number of rotatable bonds is 8. The molecule has 4 rings (SSSR count). The number of benzene rings is 3. The molecule has 1 heterocycles. The van der Waals surface area contributed by atoms with Crippen LogP contribution in [0.4, 0.5) is 22.4 Å². The van der Waals surface area contributed by atoms with Crippen molar-refractivity contribution in [2.75, 3.05) is 19.8 Å². The molecule has 0 saturated carbocycles. The van der Waals surface area contributed by atoms with Crippen LogP contribution in [0.2, 0.25) is 5.04 Å². The molecule has 266 valence electrons. The molecule has 2 amide bonds. The van der Waals surface area contributed by atoms with E-state index in [2.05, 4.69) is 50.4 Å². The predicted octanol–water partition coefficient (Wildman–Crippen LogP) is 6.78. The molecule has 1 aliphatic rings. The third kappa shape index (κ3) is 8.71. The van der Waals surface area contributed by atoms with Gasteiger partial charge in [-0.25, -0.2) is 9.18 Å². The maximum absolute atomic E-state index is 13.8. The average molecular weight is 703 g/mol. The van der Waals surface area contributed by atoms with Crippen molar-refractivity contribution in [3.05, 3.63) is 95.8 Å². The van der Waals surface area contributed by atoms with E-state index in [1.54, 1.807) is 20.8 Å². The number of hydrogen-bond acceptors (Lipinski definition) is 5. The van der Waals surface area contributed by atoms with Crippen LogP contribution >= 0.6 is 0 Å². The molecule has 1 fully saturated rings. The third-order valence-corrected chi connectivity index (χ3v) is 13.5. The lowest BCUT2D eigenvalue weighted by molar-refractivity contribution is -0.146. The van der Waals surface area contributed by atoms with Crippen LogP contribution in [0.5, 0.6) is 0 Å². The molecule has 3 aromatic rings. The van der Waals surface area contributed by atoms with E-state index in [9.17, 15) is 27.2 Å². The number of halogens is 4. The normalized spacial score (nSPS) is 17.8. The van der Waals surface area contributed by atoms with Crippen LogP contribution in [0.1, 0.15) is 66.5 Å². The van der Waals surface area contributed by atoms with Gasteiger partial charge in [-0.1, -0.05) is 87.5 Å². The monoisotopic (exact) mass is 702 g/mol. The molecule has 0 aliphatic carbocycles. The molecule has 0 radical (unpaired) electrons. The van der Waals surface area contributed by atoms with Gasteiger partial charge < -0.3 is 19.2 Å². The number of hydrogen-bond donors (Lipinski definition) is 1. The van der Waals surface area contributed by atoms with E-state index in [0.29, 0.717) is 6.07 Å². The van der Waals surface area contributed by atoms with Crippen molar-refractivity contribution in [2.24, 2.45) is 0 Å². The molecule has 0 bridgehead atoms. The minimum atomic E-state index is -4.85. The van der Waals surface area contributed by atoms with Gasteiger partial charge in [0, 0.05) is 0 Å². The first-order chi connectivity index (χ1) is 22.7. The zero-order chi connectivity index (χ0) is 36.4. The number of carbonyl (C=O) groups excluding carboxylic acids is 2. The molecule has 2 atom stereocenters. The van der Waals surface area contributed by atoms with E-state index in [1.807, 2.05) is 36.4 Å². The number of nitrogens with zero attached hydrogens (tertiary/aromatic N) is 1. The van der Waals surface area contributed by atoms with E-state index in [0.717, 1.165) is 22.5 Å². The molecule has 49 heavy (non-hydrogen) atoms. The fourth-order valence-electron chi connectivity index (χ4n) is 6.27. The summed E-state index contributed by atoms with van der Waals surface area (Å²) in [5.41, 5.74) is -3.93. The minimum absolute atomic E-state index is 0.0663. The van der Waals surface area contributed by atoms with Gasteiger partial charge in [-0.05, 0) is 67.7 Å². The Hall–Kier alpha value is -3.74. The van der Waals surface area contributed by atoms with E-state index < -0.39 is 61.2 Å². The molecular weight excluding hydrogens is 656 g/mol. The fraction of sp³-hybridized carbons (Fsp3) is 0.459. The van der Waals surface area contributed by atoms with Crippen molar-refractivity contribution < 1.29 is 41.1 Å². The van der Waals surface area contributed by atoms with Gasteiger partial charge in [0.05, 0.1) is 36.9 Å². The molecule has 12 heteroatoms. The Morgan fingerprint density at radius 3 is 1.90 bits per heavy atom. The van der Waals surface area contributed by atoms with Crippen LogP contribution in [0.15, 0.2) is 78.9 Å².